The summed E-state index contributed by atoms with van der Waals surface area (Å²) in [6.45, 7) is 0. The summed E-state index contributed by atoms with van der Waals surface area (Å²) in [4.78, 5) is 19.3. The third kappa shape index (κ3) is 4.19. The van der Waals surface area contributed by atoms with Gasteiger partial charge in [-0.2, -0.15) is 0 Å². The number of carboxylic acids is 1. The molecule has 3 aromatic rings. The fourth-order valence-electron chi connectivity index (χ4n) is 2.12. The third-order valence-corrected chi connectivity index (χ3v) is 4.35. The van der Waals surface area contributed by atoms with Gasteiger partial charge in [0.2, 0.25) is 0 Å². The first-order chi connectivity index (χ1) is 12.0. The van der Waals surface area contributed by atoms with E-state index in [0.29, 0.717) is 22.2 Å². The van der Waals surface area contributed by atoms with Crippen molar-refractivity contribution in [3.05, 3.63) is 77.5 Å². The summed E-state index contributed by atoms with van der Waals surface area (Å²) in [5.74, 6) is -2.25. The highest BCUT2D eigenvalue weighted by Crippen LogP contribution is 2.24. The van der Waals surface area contributed by atoms with Gasteiger partial charge in [0.05, 0.1) is 11.3 Å². The first-order valence-corrected chi connectivity index (χ1v) is 8.25. The summed E-state index contributed by atoms with van der Waals surface area (Å²) >= 11 is 1.37. The van der Waals surface area contributed by atoms with Crippen LogP contribution in [0, 0.1) is 11.6 Å². The molecule has 0 spiro atoms. The Kier molecular flexibility index (Phi) is 5.04. The van der Waals surface area contributed by atoms with Crippen LogP contribution in [0.15, 0.2) is 59.9 Å². The molecule has 1 heterocycles. The Morgan fingerprint density at radius 2 is 1.80 bits per heavy atom. The van der Waals surface area contributed by atoms with Crippen molar-refractivity contribution in [2.75, 3.05) is 0 Å². The van der Waals surface area contributed by atoms with Crippen LogP contribution < -0.4 is 0 Å². The predicted molar refractivity (Wildman–Crippen MR) is 90.3 cm³/mol. The molecule has 0 amide bonds. The van der Waals surface area contributed by atoms with Gasteiger partial charge in [0, 0.05) is 17.5 Å². The lowest BCUT2D eigenvalue weighted by molar-refractivity contribution is 0.0697. The van der Waals surface area contributed by atoms with Gasteiger partial charge in [0.1, 0.15) is 0 Å². The van der Waals surface area contributed by atoms with Crippen LogP contribution in [0.3, 0.4) is 0 Å². The Balaban J connectivity index is 1.73. The van der Waals surface area contributed by atoms with Crippen LogP contribution in [0.25, 0.3) is 11.3 Å². The quantitative estimate of drug-likeness (QED) is 0.541. The van der Waals surface area contributed by atoms with Crippen molar-refractivity contribution in [1.29, 1.82) is 0 Å². The molecule has 2 aromatic carbocycles. The second-order valence-corrected chi connectivity index (χ2v) is 6.09. The topological polar surface area (TPSA) is 63.1 Å². The van der Waals surface area contributed by atoms with Crippen LogP contribution in [0.4, 0.5) is 8.78 Å². The minimum absolute atomic E-state index is 0.227. The highest BCUT2D eigenvalue weighted by Gasteiger charge is 2.08. The van der Waals surface area contributed by atoms with E-state index in [1.807, 2.05) is 0 Å². The van der Waals surface area contributed by atoms with E-state index < -0.39 is 17.6 Å². The molecule has 0 bridgehead atoms. The number of aromatic carboxylic acids is 1. The molecule has 1 aromatic heterocycles. The highest BCUT2D eigenvalue weighted by molar-refractivity contribution is 7.98. The molecule has 0 atom stereocenters. The maximum atomic E-state index is 13.4. The molecular weight excluding hydrogens is 346 g/mol. The molecule has 0 aliphatic heterocycles. The number of thioether (sulfide) groups is 1. The fourth-order valence-corrected chi connectivity index (χ4v) is 2.90. The minimum atomic E-state index is -0.971. The van der Waals surface area contributed by atoms with E-state index in [4.69, 9.17) is 5.11 Å². The Morgan fingerprint density at radius 3 is 2.48 bits per heavy atom. The Hall–Kier alpha value is -2.80. The van der Waals surface area contributed by atoms with Crippen molar-refractivity contribution in [2.45, 2.75) is 10.9 Å². The van der Waals surface area contributed by atoms with E-state index >= 15 is 0 Å². The zero-order chi connectivity index (χ0) is 17.8. The van der Waals surface area contributed by atoms with Crippen molar-refractivity contribution in [3.8, 4) is 11.3 Å². The van der Waals surface area contributed by atoms with E-state index in [-0.39, 0.29) is 5.56 Å². The second-order valence-electron chi connectivity index (χ2n) is 5.14. The molecule has 0 aliphatic rings. The maximum absolute atomic E-state index is 13.4. The normalized spacial score (nSPS) is 10.6. The standard InChI is InChI=1S/C18H12F2N2O2S/c19-14-6-5-13(9-15(14)20)16-7-8-21-18(22-16)25-10-11-1-3-12(4-2-11)17(23)24/h1-9H,10H2,(H,23,24). The monoisotopic (exact) mass is 358 g/mol. The molecule has 0 radical (unpaired) electrons. The molecule has 126 valence electrons. The summed E-state index contributed by atoms with van der Waals surface area (Å²) < 4.78 is 26.4. The van der Waals surface area contributed by atoms with E-state index in [2.05, 4.69) is 9.97 Å². The van der Waals surface area contributed by atoms with Crippen molar-refractivity contribution in [2.24, 2.45) is 0 Å². The summed E-state index contributed by atoms with van der Waals surface area (Å²) in [5.41, 5.74) is 2.12. The average Bonchev–Trinajstić information content (AvgIpc) is 2.63. The van der Waals surface area contributed by atoms with E-state index in [0.717, 1.165) is 17.7 Å². The molecule has 0 unspecified atom stereocenters. The van der Waals surface area contributed by atoms with Gasteiger partial charge in [0.25, 0.3) is 0 Å². The van der Waals surface area contributed by atoms with Gasteiger partial charge in [-0.25, -0.2) is 23.5 Å². The molecule has 1 N–H and O–H groups in total. The summed E-state index contributed by atoms with van der Waals surface area (Å²) in [7, 11) is 0. The number of hydrogen-bond donors (Lipinski definition) is 1. The number of benzene rings is 2. The van der Waals surface area contributed by atoms with Gasteiger partial charge in [-0.3, -0.25) is 0 Å². The summed E-state index contributed by atoms with van der Waals surface area (Å²) in [6.07, 6.45) is 1.56. The molecule has 0 fully saturated rings. The van der Waals surface area contributed by atoms with Gasteiger partial charge in [0.15, 0.2) is 16.8 Å². The van der Waals surface area contributed by atoms with Crippen LogP contribution in [0.1, 0.15) is 15.9 Å². The number of carbonyl (C=O) groups is 1. The number of rotatable bonds is 5. The molecule has 0 aliphatic carbocycles. The highest BCUT2D eigenvalue weighted by atomic mass is 32.2. The molecular formula is C18H12F2N2O2S. The van der Waals surface area contributed by atoms with Crippen molar-refractivity contribution < 1.29 is 18.7 Å². The number of nitrogens with zero attached hydrogens (tertiary/aromatic N) is 2. The first kappa shape index (κ1) is 17.0. The van der Waals surface area contributed by atoms with Crippen LogP contribution in [-0.2, 0) is 5.75 Å². The van der Waals surface area contributed by atoms with Gasteiger partial charge >= 0.3 is 5.97 Å². The Labute approximate surface area is 146 Å². The van der Waals surface area contributed by atoms with Gasteiger partial charge < -0.3 is 5.11 Å². The van der Waals surface area contributed by atoms with Crippen LogP contribution in [0.5, 0.6) is 0 Å². The van der Waals surface area contributed by atoms with Gasteiger partial charge in [-0.15, -0.1) is 0 Å². The molecule has 3 rings (SSSR count). The van der Waals surface area contributed by atoms with Crippen molar-refractivity contribution >= 4 is 17.7 Å². The average molecular weight is 358 g/mol. The Bertz CT molecular complexity index is 917. The zero-order valence-corrected chi connectivity index (χ0v) is 13.6. The van der Waals surface area contributed by atoms with E-state index in [1.165, 1.54) is 30.0 Å². The first-order valence-electron chi connectivity index (χ1n) is 7.26. The van der Waals surface area contributed by atoms with Gasteiger partial charge in [-0.05, 0) is 42.0 Å². The largest absolute Gasteiger partial charge is 0.478 e. The number of aromatic nitrogens is 2. The molecule has 25 heavy (non-hydrogen) atoms. The molecule has 0 saturated carbocycles. The van der Waals surface area contributed by atoms with Crippen LogP contribution >= 0.6 is 11.8 Å². The summed E-state index contributed by atoms with van der Waals surface area (Å²) in [6, 6.07) is 11.8. The lowest BCUT2D eigenvalue weighted by Gasteiger charge is -2.05. The number of hydrogen-bond acceptors (Lipinski definition) is 4. The predicted octanol–water partition coefficient (Wildman–Crippen LogP) is 4.41. The SMILES string of the molecule is O=C(O)c1ccc(CSc2nccc(-c3ccc(F)c(F)c3)n2)cc1. The van der Waals surface area contributed by atoms with Gasteiger partial charge in [-0.1, -0.05) is 23.9 Å². The Morgan fingerprint density at radius 1 is 1.04 bits per heavy atom. The fraction of sp³-hybridized carbons (Fsp3) is 0.0556. The molecule has 7 heteroatoms. The lowest BCUT2D eigenvalue weighted by Crippen LogP contribution is -1.96. The second kappa shape index (κ2) is 7.40. The number of carboxylic acid groups (broad SMARTS) is 1. The maximum Gasteiger partial charge on any atom is 0.335 e. The van der Waals surface area contributed by atoms with Crippen molar-refractivity contribution in [3.63, 3.8) is 0 Å². The smallest absolute Gasteiger partial charge is 0.335 e. The summed E-state index contributed by atoms with van der Waals surface area (Å²) in [5, 5.41) is 9.37. The number of halogens is 2. The van der Waals surface area contributed by atoms with E-state index in [9.17, 15) is 13.6 Å². The van der Waals surface area contributed by atoms with Crippen LogP contribution in [-0.4, -0.2) is 21.0 Å². The van der Waals surface area contributed by atoms with Crippen LogP contribution in [0.2, 0.25) is 0 Å². The lowest BCUT2D eigenvalue weighted by atomic mass is 10.1. The zero-order valence-electron chi connectivity index (χ0n) is 12.8. The van der Waals surface area contributed by atoms with E-state index in [1.54, 1.807) is 24.4 Å². The molecule has 4 nitrogen and oxygen atoms in total. The van der Waals surface area contributed by atoms with Crippen molar-refractivity contribution in [1.82, 2.24) is 9.97 Å². The third-order valence-electron chi connectivity index (χ3n) is 3.42. The minimum Gasteiger partial charge on any atom is -0.478 e. The molecule has 0 saturated heterocycles.